The van der Waals surface area contributed by atoms with Crippen molar-refractivity contribution in [2.24, 2.45) is 5.92 Å². The van der Waals surface area contributed by atoms with Crippen LogP contribution in [0.1, 0.15) is 37.0 Å². The standard InChI is InChI=1S/C17H24N2O2S.C2HF3O2/c20-17(18-10-14-5-2-8-22-14)15-9-12-6-7-19(11-16(12)21-15)13-3-1-4-13;3-2(4,5)1(6)7/h2,5,8,12-13,15-16H,1,3-4,6-7,9-11H2,(H,18,20);(H,6,7)/t12-,15-,16+;/m0./s1. The molecule has 3 aliphatic rings. The molecular formula is C19H25F3N2O4S. The number of carboxylic acid groups (broad SMARTS) is 1. The van der Waals surface area contributed by atoms with Crippen LogP contribution in [0.2, 0.25) is 0 Å². The van der Waals surface area contributed by atoms with Crippen LogP contribution >= 0.6 is 11.3 Å². The molecule has 1 saturated carbocycles. The van der Waals surface area contributed by atoms with Crippen molar-refractivity contribution in [3.05, 3.63) is 22.4 Å². The Kier molecular flexibility index (Phi) is 7.18. The van der Waals surface area contributed by atoms with Gasteiger partial charge in [-0.25, -0.2) is 4.79 Å². The van der Waals surface area contributed by atoms with E-state index in [1.165, 1.54) is 37.1 Å². The first-order valence-corrected chi connectivity index (χ1v) is 10.6. The van der Waals surface area contributed by atoms with Crippen molar-refractivity contribution < 1.29 is 32.6 Å². The average Bonchev–Trinajstić information content (AvgIpc) is 3.27. The lowest BCUT2D eigenvalue weighted by Gasteiger charge is -2.43. The van der Waals surface area contributed by atoms with Crippen molar-refractivity contribution >= 4 is 23.2 Å². The fourth-order valence-corrected chi connectivity index (χ4v) is 4.55. The molecule has 3 atom stereocenters. The second-order valence-electron chi connectivity index (χ2n) is 7.63. The molecule has 3 fully saturated rings. The van der Waals surface area contributed by atoms with E-state index in [2.05, 4.69) is 16.3 Å². The minimum atomic E-state index is -5.08. The zero-order valence-electron chi connectivity index (χ0n) is 15.9. The lowest BCUT2D eigenvalue weighted by molar-refractivity contribution is -0.192. The van der Waals surface area contributed by atoms with Crippen LogP contribution < -0.4 is 5.32 Å². The lowest BCUT2D eigenvalue weighted by Crippen LogP contribution is -2.49. The number of carbonyl (C=O) groups excluding carboxylic acids is 1. The van der Waals surface area contributed by atoms with Crippen molar-refractivity contribution in [3.8, 4) is 0 Å². The third-order valence-corrected chi connectivity index (χ3v) is 6.60. The SMILES string of the molecule is O=C(NCc1cccs1)[C@@H]1C[C@@H]2CCN(C3CCC3)C[C@H]2O1.O=C(O)C(F)(F)F. The van der Waals surface area contributed by atoms with Crippen molar-refractivity contribution in [1.29, 1.82) is 0 Å². The summed E-state index contributed by atoms with van der Waals surface area (Å²) in [4.78, 5) is 25.0. The van der Waals surface area contributed by atoms with Crippen LogP contribution in [0.5, 0.6) is 0 Å². The number of aliphatic carboxylic acids is 1. The molecule has 0 unspecified atom stereocenters. The highest BCUT2D eigenvalue weighted by Gasteiger charge is 2.43. The largest absolute Gasteiger partial charge is 0.490 e. The summed E-state index contributed by atoms with van der Waals surface area (Å²) in [5.74, 6) is -2.11. The second kappa shape index (κ2) is 9.44. The number of fused-ring (bicyclic) bond motifs is 1. The molecule has 10 heteroatoms. The Hall–Kier alpha value is -1.65. The highest BCUT2D eigenvalue weighted by Crippen LogP contribution is 2.36. The minimum Gasteiger partial charge on any atom is -0.475 e. The monoisotopic (exact) mass is 434 g/mol. The van der Waals surface area contributed by atoms with Gasteiger partial charge < -0.3 is 15.2 Å². The molecule has 1 aliphatic carbocycles. The van der Waals surface area contributed by atoms with Gasteiger partial charge in [-0.1, -0.05) is 12.5 Å². The van der Waals surface area contributed by atoms with Crippen molar-refractivity contribution in [3.63, 3.8) is 0 Å². The van der Waals surface area contributed by atoms with Gasteiger partial charge in [0.2, 0.25) is 5.91 Å². The van der Waals surface area contributed by atoms with E-state index in [1.807, 2.05) is 11.4 Å². The van der Waals surface area contributed by atoms with E-state index in [9.17, 15) is 18.0 Å². The highest BCUT2D eigenvalue weighted by molar-refractivity contribution is 7.09. The number of ether oxygens (including phenoxy) is 1. The van der Waals surface area contributed by atoms with E-state index in [4.69, 9.17) is 14.6 Å². The quantitative estimate of drug-likeness (QED) is 0.762. The fraction of sp³-hybridized carbons (Fsp3) is 0.684. The predicted octanol–water partition coefficient (Wildman–Crippen LogP) is 3.03. The molecule has 1 amide bonds. The number of alkyl halides is 3. The number of piperidine rings is 1. The maximum absolute atomic E-state index is 12.3. The maximum Gasteiger partial charge on any atom is 0.490 e. The minimum absolute atomic E-state index is 0.0676. The zero-order chi connectivity index (χ0) is 21.0. The van der Waals surface area contributed by atoms with Gasteiger partial charge in [0.05, 0.1) is 12.6 Å². The molecule has 6 nitrogen and oxygen atoms in total. The van der Waals surface area contributed by atoms with Gasteiger partial charge in [0, 0.05) is 17.5 Å². The number of carbonyl (C=O) groups is 2. The van der Waals surface area contributed by atoms with Crippen LogP contribution in [-0.4, -0.2) is 59.4 Å². The topological polar surface area (TPSA) is 78.9 Å². The Morgan fingerprint density at radius 1 is 1.31 bits per heavy atom. The van der Waals surface area contributed by atoms with Crippen molar-refractivity contribution in [2.45, 2.75) is 63.1 Å². The van der Waals surface area contributed by atoms with Crippen molar-refractivity contribution in [1.82, 2.24) is 10.2 Å². The molecule has 162 valence electrons. The van der Waals surface area contributed by atoms with Crippen LogP contribution in [0.15, 0.2) is 17.5 Å². The molecule has 1 aromatic rings. The van der Waals surface area contributed by atoms with Gasteiger partial charge in [0.1, 0.15) is 6.10 Å². The molecule has 2 aliphatic heterocycles. The molecule has 0 bridgehead atoms. The maximum atomic E-state index is 12.3. The first-order chi connectivity index (χ1) is 13.7. The Balaban J connectivity index is 0.000000298. The Bertz CT molecular complexity index is 694. The van der Waals surface area contributed by atoms with E-state index in [-0.39, 0.29) is 18.1 Å². The number of amides is 1. The first kappa shape index (κ1) is 22.0. The molecule has 0 spiro atoms. The van der Waals surface area contributed by atoms with Crippen LogP contribution in [0, 0.1) is 5.92 Å². The fourth-order valence-electron chi connectivity index (χ4n) is 3.91. The Morgan fingerprint density at radius 3 is 2.59 bits per heavy atom. The van der Waals surface area contributed by atoms with Crippen LogP contribution in [0.3, 0.4) is 0 Å². The molecule has 0 radical (unpaired) electrons. The van der Waals surface area contributed by atoms with E-state index >= 15 is 0 Å². The number of nitrogens with zero attached hydrogens (tertiary/aromatic N) is 1. The smallest absolute Gasteiger partial charge is 0.475 e. The van der Waals surface area contributed by atoms with Gasteiger partial charge in [0.25, 0.3) is 0 Å². The third-order valence-electron chi connectivity index (χ3n) is 5.73. The van der Waals surface area contributed by atoms with Gasteiger partial charge >= 0.3 is 12.1 Å². The summed E-state index contributed by atoms with van der Waals surface area (Å²) in [5.41, 5.74) is 0. The molecular weight excluding hydrogens is 409 g/mol. The highest BCUT2D eigenvalue weighted by atomic mass is 32.1. The zero-order valence-corrected chi connectivity index (χ0v) is 16.7. The van der Waals surface area contributed by atoms with Crippen LogP contribution in [0.4, 0.5) is 13.2 Å². The number of likely N-dealkylation sites (tertiary alicyclic amines) is 1. The summed E-state index contributed by atoms with van der Waals surface area (Å²) in [5, 5.41) is 12.2. The van der Waals surface area contributed by atoms with E-state index in [1.54, 1.807) is 11.3 Å². The van der Waals surface area contributed by atoms with E-state index in [0.29, 0.717) is 12.5 Å². The summed E-state index contributed by atoms with van der Waals surface area (Å²) >= 11 is 1.68. The summed E-state index contributed by atoms with van der Waals surface area (Å²) in [7, 11) is 0. The van der Waals surface area contributed by atoms with Gasteiger partial charge in [-0.05, 0) is 49.6 Å². The second-order valence-corrected chi connectivity index (χ2v) is 8.66. The summed E-state index contributed by atoms with van der Waals surface area (Å²) < 4.78 is 37.8. The molecule has 3 heterocycles. The molecule has 29 heavy (non-hydrogen) atoms. The normalized spacial score (nSPS) is 27.3. The van der Waals surface area contributed by atoms with Crippen LogP contribution in [0.25, 0.3) is 0 Å². The van der Waals surface area contributed by atoms with Gasteiger partial charge in [-0.15, -0.1) is 11.3 Å². The number of halogens is 3. The van der Waals surface area contributed by atoms with Crippen LogP contribution in [-0.2, 0) is 20.9 Å². The number of rotatable bonds is 4. The summed E-state index contributed by atoms with van der Waals surface area (Å²) in [6.45, 7) is 2.85. The van der Waals surface area contributed by atoms with E-state index in [0.717, 1.165) is 19.0 Å². The number of carboxylic acids is 1. The molecule has 2 saturated heterocycles. The molecule has 1 aromatic heterocycles. The number of thiophene rings is 1. The molecule has 0 aromatic carbocycles. The number of nitrogens with one attached hydrogen (secondary N) is 1. The van der Waals surface area contributed by atoms with E-state index < -0.39 is 12.1 Å². The first-order valence-electron chi connectivity index (χ1n) is 9.73. The number of hydrogen-bond donors (Lipinski definition) is 2. The predicted molar refractivity (Wildman–Crippen MR) is 100 cm³/mol. The van der Waals surface area contributed by atoms with Gasteiger partial charge in [-0.3, -0.25) is 9.69 Å². The summed E-state index contributed by atoms with van der Waals surface area (Å²) in [6.07, 6.45) is 1.12. The molecule has 2 N–H and O–H groups in total. The van der Waals surface area contributed by atoms with Gasteiger partial charge in [0.15, 0.2) is 0 Å². The van der Waals surface area contributed by atoms with Crippen molar-refractivity contribution in [2.75, 3.05) is 13.1 Å². The average molecular weight is 434 g/mol. The summed E-state index contributed by atoms with van der Waals surface area (Å²) in [6, 6.07) is 4.86. The lowest BCUT2D eigenvalue weighted by atomic mass is 9.86. The van der Waals surface area contributed by atoms with Gasteiger partial charge in [-0.2, -0.15) is 13.2 Å². The third kappa shape index (κ3) is 5.93. The molecule has 4 rings (SSSR count). The Morgan fingerprint density at radius 2 is 2.03 bits per heavy atom. The number of hydrogen-bond acceptors (Lipinski definition) is 5. The Labute approximate surface area is 171 Å².